The molecule has 6 nitrogen and oxygen atoms in total. The highest BCUT2D eigenvalue weighted by molar-refractivity contribution is 5.91. The van der Waals surface area contributed by atoms with Crippen LogP contribution in [0.15, 0.2) is 48.7 Å². The smallest absolute Gasteiger partial charge is 0.416 e. The predicted octanol–water partition coefficient (Wildman–Crippen LogP) is 3.87. The molecule has 0 radical (unpaired) electrons. The van der Waals surface area contributed by atoms with E-state index in [1.165, 1.54) is 23.2 Å². The fourth-order valence-corrected chi connectivity index (χ4v) is 3.06. The van der Waals surface area contributed by atoms with E-state index >= 15 is 0 Å². The van der Waals surface area contributed by atoms with Gasteiger partial charge in [-0.15, -0.1) is 0 Å². The molecule has 1 saturated carbocycles. The van der Waals surface area contributed by atoms with E-state index in [9.17, 15) is 14.7 Å². The minimum absolute atomic E-state index is 0.0141. The third kappa shape index (κ3) is 4.15. The Kier molecular flexibility index (Phi) is 5.28. The highest BCUT2D eigenvalue weighted by Crippen LogP contribution is 2.28. The average Bonchev–Trinajstić information content (AvgIpc) is 3.15. The van der Waals surface area contributed by atoms with Crippen molar-refractivity contribution >= 4 is 17.9 Å². The molecule has 1 N–H and O–H groups in total. The molecule has 1 aromatic carbocycles. The lowest BCUT2D eigenvalue weighted by atomic mass is 10.2. The molecule has 0 saturated heterocycles. The van der Waals surface area contributed by atoms with E-state index < -0.39 is 12.1 Å². The van der Waals surface area contributed by atoms with Crippen LogP contribution in [0.4, 0.5) is 10.6 Å². The van der Waals surface area contributed by atoms with Gasteiger partial charge in [0, 0.05) is 12.2 Å². The molecule has 25 heavy (non-hydrogen) atoms. The summed E-state index contributed by atoms with van der Waals surface area (Å²) in [4.78, 5) is 29.6. The highest BCUT2D eigenvalue weighted by Gasteiger charge is 2.30. The van der Waals surface area contributed by atoms with Crippen molar-refractivity contribution < 1.29 is 19.4 Å². The number of carboxylic acids is 1. The number of rotatable bonds is 5. The van der Waals surface area contributed by atoms with E-state index in [2.05, 4.69) is 4.98 Å². The van der Waals surface area contributed by atoms with Crippen molar-refractivity contribution in [1.29, 1.82) is 0 Å². The first-order chi connectivity index (χ1) is 12.1. The molecular weight excluding hydrogens is 320 g/mol. The quantitative estimate of drug-likeness (QED) is 0.894. The molecule has 130 valence electrons. The van der Waals surface area contributed by atoms with Crippen molar-refractivity contribution in [1.82, 2.24) is 4.98 Å². The normalized spacial score (nSPS) is 14.2. The van der Waals surface area contributed by atoms with Gasteiger partial charge in [-0.2, -0.15) is 0 Å². The van der Waals surface area contributed by atoms with Crippen LogP contribution < -0.4 is 4.90 Å². The van der Waals surface area contributed by atoms with E-state index in [1.54, 1.807) is 0 Å². The Bertz CT molecular complexity index is 742. The van der Waals surface area contributed by atoms with Gasteiger partial charge in [-0.25, -0.2) is 14.6 Å². The van der Waals surface area contributed by atoms with Crippen LogP contribution in [0.2, 0.25) is 0 Å². The van der Waals surface area contributed by atoms with Crippen LogP contribution in [-0.4, -0.2) is 28.2 Å². The molecule has 6 heteroatoms. The molecule has 1 aromatic heterocycles. The van der Waals surface area contributed by atoms with Crippen LogP contribution in [-0.2, 0) is 11.3 Å². The minimum Gasteiger partial charge on any atom is -0.478 e. The predicted molar refractivity (Wildman–Crippen MR) is 92.6 cm³/mol. The lowest BCUT2D eigenvalue weighted by Crippen LogP contribution is -2.40. The topological polar surface area (TPSA) is 79.7 Å². The fourth-order valence-electron chi connectivity index (χ4n) is 3.06. The van der Waals surface area contributed by atoms with Crippen molar-refractivity contribution in [3.05, 3.63) is 59.8 Å². The molecule has 0 spiro atoms. The van der Waals surface area contributed by atoms with Gasteiger partial charge in [0.05, 0.1) is 5.56 Å². The summed E-state index contributed by atoms with van der Waals surface area (Å²) in [5.74, 6) is -0.725. The van der Waals surface area contributed by atoms with Crippen LogP contribution in [0.25, 0.3) is 0 Å². The third-order valence-corrected chi connectivity index (χ3v) is 4.33. The molecule has 1 aliphatic rings. The summed E-state index contributed by atoms with van der Waals surface area (Å²) in [6.45, 7) is 0.168. The van der Waals surface area contributed by atoms with Gasteiger partial charge in [-0.1, -0.05) is 43.2 Å². The Morgan fingerprint density at radius 2 is 1.88 bits per heavy atom. The zero-order valence-electron chi connectivity index (χ0n) is 13.8. The molecule has 1 heterocycles. The standard InChI is InChI=1S/C19H20N2O4/c22-18(23)15-10-11-20-17(12-15)21(16-8-4-5-9-16)19(24)25-13-14-6-2-1-3-7-14/h1-3,6-7,10-12,16H,4-5,8-9,13H2,(H,22,23). The van der Waals surface area contributed by atoms with E-state index in [4.69, 9.17) is 4.74 Å². The van der Waals surface area contributed by atoms with Gasteiger partial charge in [-0.3, -0.25) is 4.90 Å². The van der Waals surface area contributed by atoms with Gasteiger partial charge in [-0.05, 0) is 30.5 Å². The minimum atomic E-state index is -1.05. The maximum atomic E-state index is 12.7. The van der Waals surface area contributed by atoms with Crippen molar-refractivity contribution in [2.24, 2.45) is 0 Å². The summed E-state index contributed by atoms with van der Waals surface area (Å²) in [6, 6.07) is 12.3. The monoisotopic (exact) mass is 340 g/mol. The fraction of sp³-hybridized carbons (Fsp3) is 0.316. The average molecular weight is 340 g/mol. The van der Waals surface area contributed by atoms with Crippen molar-refractivity contribution in [3.63, 3.8) is 0 Å². The number of carboxylic acid groups (broad SMARTS) is 1. The van der Waals surface area contributed by atoms with Gasteiger partial charge < -0.3 is 9.84 Å². The second kappa shape index (κ2) is 7.79. The second-order valence-electron chi connectivity index (χ2n) is 6.06. The number of anilines is 1. The third-order valence-electron chi connectivity index (χ3n) is 4.33. The molecule has 1 aliphatic carbocycles. The Hall–Kier alpha value is -2.89. The number of nitrogens with zero attached hydrogens (tertiary/aromatic N) is 2. The van der Waals surface area contributed by atoms with Crippen LogP contribution in [0.3, 0.4) is 0 Å². The molecule has 1 fully saturated rings. The zero-order valence-corrected chi connectivity index (χ0v) is 13.8. The lowest BCUT2D eigenvalue weighted by Gasteiger charge is -2.27. The first-order valence-corrected chi connectivity index (χ1v) is 8.34. The molecule has 3 rings (SSSR count). The van der Waals surface area contributed by atoms with Crippen molar-refractivity contribution in [3.8, 4) is 0 Å². The first-order valence-electron chi connectivity index (χ1n) is 8.34. The maximum Gasteiger partial charge on any atom is 0.416 e. The molecular formula is C19H20N2O4. The molecule has 0 bridgehead atoms. The van der Waals surface area contributed by atoms with Gasteiger partial charge >= 0.3 is 12.1 Å². The number of amides is 1. The largest absolute Gasteiger partial charge is 0.478 e. The number of carbonyl (C=O) groups excluding carboxylic acids is 1. The van der Waals surface area contributed by atoms with Gasteiger partial charge in [0.15, 0.2) is 0 Å². The van der Waals surface area contributed by atoms with Crippen LogP contribution in [0.5, 0.6) is 0 Å². The van der Waals surface area contributed by atoms with E-state index in [0.717, 1.165) is 31.2 Å². The summed E-state index contributed by atoms with van der Waals surface area (Å²) in [5, 5.41) is 9.18. The van der Waals surface area contributed by atoms with Gasteiger partial charge in [0.2, 0.25) is 0 Å². The van der Waals surface area contributed by atoms with Crippen molar-refractivity contribution in [2.45, 2.75) is 38.3 Å². The maximum absolute atomic E-state index is 12.7. The SMILES string of the molecule is O=C(O)c1ccnc(N(C(=O)OCc2ccccc2)C2CCCC2)c1. The molecule has 0 atom stereocenters. The molecule has 0 unspecified atom stereocenters. The number of hydrogen-bond acceptors (Lipinski definition) is 4. The second-order valence-corrected chi connectivity index (χ2v) is 6.06. The zero-order chi connectivity index (χ0) is 17.6. The highest BCUT2D eigenvalue weighted by atomic mass is 16.6. The Labute approximate surface area is 146 Å². The first kappa shape index (κ1) is 17.0. The summed E-state index contributed by atoms with van der Waals surface area (Å²) in [7, 11) is 0. The number of carbonyl (C=O) groups is 2. The van der Waals surface area contributed by atoms with Gasteiger partial charge in [0.25, 0.3) is 0 Å². The summed E-state index contributed by atoms with van der Waals surface area (Å²) in [6.07, 6.45) is 4.70. The van der Waals surface area contributed by atoms with Crippen LogP contribution >= 0.6 is 0 Å². The van der Waals surface area contributed by atoms with Crippen LogP contribution in [0.1, 0.15) is 41.6 Å². The summed E-state index contributed by atoms with van der Waals surface area (Å²) in [5.41, 5.74) is 0.998. The number of pyridine rings is 1. The van der Waals surface area contributed by atoms with E-state index in [-0.39, 0.29) is 18.2 Å². The number of aromatic nitrogens is 1. The van der Waals surface area contributed by atoms with Crippen LogP contribution in [0, 0.1) is 0 Å². The van der Waals surface area contributed by atoms with Crippen molar-refractivity contribution in [2.75, 3.05) is 4.90 Å². The summed E-state index contributed by atoms with van der Waals surface area (Å²) < 4.78 is 5.46. The molecule has 1 amide bonds. The Morgan fingerprint density at radius 1 is 1.16 bits per heavy atom. The Morgan fingerprint density at radius 3 is 2.56 bits per heavy atom. The molecule has 2 aromatic rings. The van der Waals surface area contributed by atoms with Gasteiger partial charge in [0.1, 0.15) is 12.4 Å². The number of ether oxygens (including phenoxy) is 1. The lowest BCUT2D eigenvalue weighted by molar-refractivity contribution is 0.0696. The Balaban J connectivity index is 1.80. The number of hydrogen-bond donors (Lipinski definition) is 1. The number of benzene rings is 1. The van der Waals surface area contributed by atoms with E-state index in [1.807, 2.05) is 30.3 Å². The summed E-state index contributed by atoms with van der Waals surface area (Å²) >= 11 is 0. The van der Waals surface area contributed by atoms with E-state index in [0.29, 0.717) is 5.82 Å². The number of aromatic carboxylic acids is 1. The molecule has 0 aliphatic heterocycles.